The quantitative estimate of drug-likeness (QED) is 0.823. The van der Waals surface area contributed by atoms with Crippen molar-refractivity contribution in [3.63, 3.8) is 0 Å². The average molecular weight is 380 g/mol. The Kier molecular flexibility index (Phi) is 6.12. The first kappa shape index (κ1) is 17.4. The third kappa shape index (κ3) is 5.33. The second-order valence-corrected chi connectivity index (χ2v) is 6.30. The molecule has 0 spiro atoms. The molecule has 1 unspecified atom stereocenters. The number of carbonyl (C=O) groups excluding carboxylic acids is 1. The molecule has 122 valence electrons. The van der Waals surface area contributed by atoms with Crippen LogP contribution in [-0.4, -0.2) is 31.6 Å². The molecule has 0 aliphatic heterocycles. The molecule has 0 aromatic heterocycles. The van der Waals surface area contributed by atoms with Crippen molar-refractivity contribution in [1.82, 2.24) is 10.2 Å². The highest BCUT2D eigenvalue weighted by Gasteiger charge is 2.15. The predicted octanol–water partition coefficient (Wildman–Crippen LogP) is 4.01. The van der Waals surface area contributed by atoms with E-state index in [-0.39, 0.29) is 17.9 Å². The van der Waals surface area contributed by atoms with E-state index in [0.717, 1.165) is 10.0 Å². The third-order valence-corrected chi connectivity index (χ3v) is 3.89. The number of benzene rings is 2. The van der Waals surface area contributed by atoms with Gasteiger partial charge in [0.15, 0.2) is 0 Å². The molecule has 0 radical (unpaired) electrons. The van der Waals surface area contributed by atoms with Crippen LogP contribution in [-0.2, 0) is 0 Å². The van der Waals surface area contributed by atoms with Crippen LogP contribution in [0.3, 0.4) is 0 Å². The van der Waals surface area contributed by atoms with Gasteiger partial charge < -0.3 is 15.5 Å². The second-order valence-electron chi connectivity index (χ2n) is 5.38. The molecule has 0 bridgehead atoms. The summed E-state index contributed by atoms with van der Waals surface area (Å²) in [6.45, 7) is 0.371. The molecule has 2 aromatic rings. The summed E-state index contributed by atoms with van der Waals surface area (Å²) in [6.07, 6.45) is 0. The molecular weight excluding hydrogens is 361 g/mol. The zero-order chi connectivity index (χ0) is 16.8. The van der Waals surface area contributed by atoms with Gasteiger partial charge in [0.05, 0.1) is 6.04 Å². The van der Waals surface area contributed by atoms with Crippen LogP contribution in [0, 0.1) is 5.82 Å². The number of nitrogens with zero attached hydrogens (tertiary/aromatic N) is 1. The number of hydrogen-bond acceptors (Lipinski definition) is 2. The smallest absolute Gasteiger partial charge is 0.319 e. The molecule has 23 heavy (non-hydrogen) atoms. The van der Waals surface area contributed by atoms with E-state index in [0.29, 0.717) is 12.2 Å². The average Bonchev–Trinajstić information content (AvgIpc) is 2.47. The number of halogens is 2. The van der Waals surface area contributed by atoms with Gasteiger partial charge in [-0.15, -0.1) is 0 Å². The largest absolute Gasteiger partial charge is 0.336 e. The maximum atomic E-state index is 13.4. The highest BCUT2D eigenvalue weighted by atomic mass is 79.9. The van der Waals surface area contributed by atoms with Crippen molar-refractivity contribution >= 4 is 27.6 Å². The van der Waals surface area contributed by atoms with E-state index in [2.05, 4.69) is 26.6 Å². The minimum Gasteiger partial charge on any atom is -0.336 e. The summed E-state index contributed by atoms with van der Waals surface area (Å²) in [4.78, 5) is 14.0. The molecule has 4 nitrogen and oxygen atoms in total. The lowest BCUT2D eigenvalue weighted by Gasteiger charge is -2.25. The van der Waals surface area contributed by atoms with Gasteiger partial charge in [0.1, 0.15) is 5.82 Å². The lowest BCUT2D eigenvalue weighted by atomic mass is 10.1. The molecule has 2 aromatic carbocycles. The Labute approximate surface area is 143 Å². The highest BCUT2D eigenvalue weighted by Crippen LogP contribution is 2.19. The summed E-state index contributed by atoms with van der Waals surface area (Å²) in [5, 5.41) is 5.59. The predicted molar refractivity (Wildman–Crippen MR) is 94.0 cm³/mol. The van der Waals surface area contributed by atoms with Crippen LogP contribution >= 0.6 is 15.9 Å². The Hall–Kier alpha value is -1.92. The molecule has 1 atom stereocenters. The van der Waals surface area contributed by atoms with Crippen molar-refractivity contribution < 1.29 is 9.18 Å². The second kappa shape index (κ2) is 8.08. The number of hydrogen-bond donors (Lipinski definition) is 2. The number of urea groups is 1. The van der Waals surface area contributed by atoms with E-state index < -0.39 is 0 Å². The lowest BCUT2D eigenvalue weighted by Crippen LogP contribution is -2.36. The molecule has 0 aliphatic carbocycles. The Bertz CT molecular complexity index is 678. The van der Waals surface area contributed by atoms with Gasteiger partial charge in [0, 0.05) is 16.7 Å². The van der Waals surface area contributed by atoms with Gasteiger partial charge in [-0.25, -0.2) is 9.18 Å². The van der Waals surface area contributed by atoms with E-state index in [1.54, 1.807) is 12.1 Å². The van der Waals surface area contributed by atoms with Crippen molar-refractivity contribution in [3.05, 3.63) is 64.4 Å². The normalized spacial score (nSPS) is 12.0. The van der Waals surface area contributed by atoms with Crippen molar-refractivity contribution in [3.8, 4) is 0 Å². The maximum Gasteiger partial charge on any atom is 0.319 e. The summed E-state index contributed by atoms with van der Waals surface area (Å²) < 4.78 is 14.3. The molecule has 0 aliphatic rings. The van der Waals surface area contributed by atoms with Crippen LogP contribution in [0.5, 0.6) is 0 Å². The number of nitrogens with one attached hydrogen (secondary N) is 2. The van der Waals surface area contributed by atoms with Crippen molar-refractivity contribution in [1.29, 1.82) is 0 Å². The zero-order valence-electron chi connectivity index (χ0n) is 13.0. The first-order valence-corrected chi connectivity index (χ1v) is 7.97. The number of amides is 2. The first-order valence-electron chi connectivity index (χ1n) is 7.18. The van der Waals surface area contributed by atoms with Crippen molar-refractivity contribution in [2.75, 3.05) is 26.0 Å². The lowest BCUT2D eigenvalue weighted by molar-refractivity contribution is 0.243. The van der Waals surface area contributed by atoms with Crippen molar-refractivity contribution in [2.45, 2.75) is 6.04 Å². The molecule has 0 heterocycles. The molecule has 2 N–H and O–H groups in total. The Morgan fingerprint density at radius 3 is 2.61 bits per heavy atom. The Balaban J connectivity index is 1.97. The van der Waals surface area contributed by atoms with Gasteiger partial charge in [-0.2, -0.15) is 0 Å². The first-order chi connectivity index (χ1) is 11.0. The topological polar surface area (TPSA) is 44.4 Å². The molecule has 0 saturated carbocycles. The van der Waals surface area contributed by atoms with Crippen molar-refractivity contribution in [2.24, 2.45) is 0 Å². The maximum absolute atomic E-state index is 13.4. The minimum atomic E-state index is -0.300. The summed E-state index contributed by atoms with van der Waals surface area (Å²) in [5.74, 6) is -0.284. The van der Waals surface area contributed by atoms with Gasteiger partial charge in [-0.3, -0.25) is 0 Å². The van der Waals surface area contributed by atoms with Crippen LogP contribution in [0.25, 0.3) is 0 Å². The van der Waals surface area contributed by atoms with Gasteiger partial charge >= 0.3 is 6.03 Å². The van der Waals surface area contributed by atoms with Crippen LogP contribution in [0.2, 0.25) is 0 Å². The molecule has 6 heteroatoms. The van der Waals surface area contributed by atoms with Crippen LogP contribution < -0.4 is 10.6 Å². The minimum absolute atomic E-state index is 0.112. The fraction of sp³-hybridized carbons (Fsp3) is 0.235. The molecule has 2 amide bonds. The van der Waals surface area contributed by atoms with Crippen LogP contribution in [0.1, 0.15) is 11.6 Å². The molecule has 2 rings (SSSR count). The van der Waals surface area contributed by atoms with Crippen LogP contribution in [0.15, 0.2) is 53.0 Å². The van der Waals surface area contributed by atoms with E-state index in [1.807, 2.05) is 43.3 Å². The zero-order valence-corrected chi connectivity index (χ0v) is 14.6. The summed E-state index contributed by atoms with van der Waals surface area (Å²) in [5.41, 5.74) is 1.52. The molecular formula is C17H19BrFN3O. The monoisotopic (exact) mass is 379 g/mol. The van der Waals surface area contributed by atoms with E-state index in [1.165, 1.54) is 12.1 Å². The molecule has 0 fully saturated rings. The standard InChI is InChI=1S/C17H19BrFN3O/c1-22(2)16(12-5-3-7-14(19)9-12)11-20-17(23)21-15-8-4-6-13(18)10-15/h3-10,16H,11H2,1-2H3,(H2,20,21,23). The highest BCUT2D eigenvalue weighted by molar-refractivity contribution is 9.10. The summed E-state index contributed by atoms with van der Waals surface area (Å²) in [6, 6.07) is 13.3. The van der Waals surface area contributed by atoms with Gasteiger partial charge in [0.2, 0.25) is 0 Å². The number of carbonyl (C=O) groups is 1. The Morgan fingerprint density at radius 1 is 1.22 bits per heavy atom. The number of rotatable bonds is 5. The fourth-order valence-corrected chi connectivity index (χ4v) is 2.64. The summed E-state index contributed by atoms with van der Waals surface area (Å²) >= 11 is 3.36. The van der Waals surface area contributed by atoms with Gasteiger partial charge in [-0.1, -0.05) is 34.1 Å². The molecule has 0 saturated heterocycles. The number of anilines is 1. The van der Waals surface area contributed by atoms with E-state index >= 15 is 0 Å². The van der Waals surface area contributed by atoms with Gasteiger partial charge in [0.25, 0.3) is 0 Å². The summed E-state index contributed by atoms with van der Waals surface area (Å²) in [7, 11) is 3.78. The van der Waals surface area contributed by atoms with E-state index in [9.17, 15) is 9.18 Å². The van der Waals surface area contributed by atoms with Gasteiger partial charge in [-0.05, 0) is 50.0 Å². The third-order valence-electron chi connectivity index (χ3n) is 3.40. The fourth-order valence-electron chi connectivity index (χ4n) is 2.24. The Morgan fingerprint density at radius 2 is 1.96 bits per heavy atom. The SMILES string of the molecule is CN(C)C(CNC(=O)Nc1cccc(Br)c1)c1cccc(F)c1. The number of likely N-dealkylation sites (N-methyl/N-ethyl adjacent to an activating group) is 1. The van der Waals surface area contributed by atoms with Crippen LogP contribution in [0.4, 0.5) is 14.9 Å². The van der Waals surface area contributed by atoms with E-state index in [4.69, 9.17) is 0 Å².